The second-order valence-corrected chi connectivity index (χ2v) is 5.39. The second-order valence-electron chi connectivity index (χ2n) is 3.53. The maximum atomic E-state index is 11.9. The van der Waals surface area contributed by atoms with E-state index in [0.29, 0.717) is 19.3 Å². The summed E-state index contributed by atoms with van der Waals surface area (Å²) < 4.78 is 0.954. The third kappa shape index (κ3) is 2.89. The van der Waals surface area contributed by atoms with Gasteiger partial charge in [-0.05, 0) is 40.2 Å². The van der Waals surface area contributed by atoms with Crippen molar-refractivity contribution in [1.29, 1.82) is 0 Å². The van der Waals surface area contributed by atoms with Crippen molar-refractivity contribution in [3.05, 3.63) is 20.8 Å². The molecule has 0 aliphatic heterocycles. The van der Waals surface area contributed by atoms with Crippen molar-refractivity contribution in [1.82, 2.24) is 0 Å². The average molecular weight is 291 g/mol. The molecule has 0 aliphatic carbocycles. The molecule has 0 unspecified atom stereocenters. The number of Topliss-reactive ketones (excluding diaryl/α,β-unsaturated/α-hetero) is 1. The van der Waals surface area contributed by atoms with Crippen LogP contribution in [0.2, 0.25) is 0 Å². The van der Waals surface area contributed by atoms with Gasteiger partial charge in [-0.25, -0.2) is 0 Å². The number of hydrogen-bond acceptors (Lipinski definition) is 3. The van der Waals surface area contributed by atoms with E-state index < -0.39 is 5.60 Å². The van der Waals surface area contributed by atoms with Gasteiger partial charge in [-0.15, -0.1) is 11.3 Å². The van der Waals surface area contributed by atoms with Gasteiger partial charge in [0.05, 0.1) is 0 Å². The fourth-order valence-electron chi connectivity index (χ4n) is 1.41. The van der Waals surface area contributed by atoms with Crippen LogP contribution in [0.1, 0.15) is 31.6 Å². The Morgan fingerprint density at radius 2 is 2.13 bits per heavy atom. The van der Waals surface area contributed by atoms with Gasteiger partial charge in [-0.3, -0.25) is 4.79 Å². The molecule has 1 N–H and O–H groups in total. The molecule has 0 saturated heterocycles. The number of halogens is 1. The fourth-order valence-corrected chi connectivity index (χ4v) is 2.90. The minimum absolute atomic E-state index is 0.0874. The number of hydrogen-bond donors (Lipinski definition) is 1. The Bertz CT molecular complexity index is 342. The Hall–Kier alpha value is -0.190. The lowest BCUT2D eigenvalue weighted by molar-refractivity contribution is -0.137. The summed E-state index contributed by atoms with van der Waals surface area (Å²) in [7, 11) is 0. The van der Waals surface area contributed by atoms with Crippen molar-refractivity contribution in [2.45, 2.75) is 38.7 Å². The lowest BCUT2D eigenvalue weighted by atomic mass is 9.90. The Morgan fingerprint density at radius 1 is 1.53 bits per heavy atom. The summed E-state index contributed by atoms with van der Waals surface area (Å²) in [6.07, 6.45) is 1.27. The molecule has 0 bridgehead atoms. The molecule has 0 atom stereocenters. The highest BCUT2D eigenvalue weighted by Crippen LogP contribution is 2.26. The first-order chi connectivity index (χ1) is 7.03. The maximum Gasteiger partial charge on any atom is 0.169 e. The quantitative estimate of drug-likeness (QED) is 0.904. The Kier molecular flexibility index (Phi) is 4.49. The summed E-state index contributed by atoms with van der Waals surface area (Å²) in [4.78, 5) is 12.9. The number of carbonyl (C=O) groups excluding carboxylic acids is 1. The zero-order chi connectivity index (χ0) is 11.5. The summed E-state index contributed by atoms with van der Waals surface area (Å²) in [5, 5.41) is 12.0. The second kappa shape index (κ2) is 5.23. The lowest BCUT2D eigenvalue weighted by Gasteiger charge is -2.23. The SMILES string of the molecule is CCC(O)(CC)C(=O)Cc1sccc1Br. The molecule has 0 fully saturated rings. The van der Waals surface area contributed by atoms with Gasteiger partial charge in [-0.2, -0.15) is 0 Å². The molecule has 0 aromatic carbocycles. The molecule has 1 aromatic heterocycles. The first kappa shape index (κ1) is 12.9. The molecule has 4 heteroatoms. The molecule has 1 aromatic rings. The van der Waals surface area contributed by atoms with Crippen molar-refractivity contribution < 1.29 is 9.90 Å². The van der Waals surface area contributed by atoms with Gasteiger partial charge < -0.3 is 5.11 Å². The molecular formula is C11H15BrO2S. The van der Waals surface area contributed by atoms with Gasteiger partial charge >= 0.3 is 0 Å². The van der Waals surface area contributed by atoms with E-state index >= 15 is 0 Å². The molecule has 0 radical (unpaired) electrons. The lowest BCUT2D eigenvalue weighted by Crippen LogP contribution is -2.38. The number of aliphatic hydroxyl groups is 1. The van der Waals surface area contributed by atoms with Crippen LogP contribution in [0.5, 0.6) is 0 Å². The summed E-state index contributed by atoms with van der Waals surface area (Å²) >= 11 is 4.92. The van der Waals surface area contributed by atoms with Crippen LogP contribution in [0.4, 0.5) is 0 Å². The van der Waals surface area contributed by atoms with Crippen LogP contribution in [0.3, 0.4) is 0 Å². The fraction of sp³-hybridized carbons (Fsp3) is 0.545. The highest BCUT2D eigenvalue weighted by Gasteiger charge is 2.31. The number of ketones is 1. The van der Waals surface area contributed by atoms with Gasteiger partial charge in [0.2, 0.25) is 0 Å². The molecule has 0 aliphatic rings. The van der Waals surface area contributed by atoms with Crippen LogP contribution in [0.15, 0.2) is 15.9 Å². The highest BCUT2D eigenvalue weighted by atomic mass is 79.9. The predicted molar refractivity (Wildman–Crippen MR) is 66.3 cm³/mol. The van der Waals surface area contributed by atoms with Crippen molar-refractivity contribution in [3.8, 4) is 0 Å². The van der Waals surface area contributed by atoms with Crippen LogP contribution in [0.25, 0.3) is 0 Å². The minimum atomic E-state index is -1.15. The van der Waals surface area contributed by atoms with Crippen molar-refractivity contribution in [2.24, 2.45) is 0 Å². The van der Waals surface area contributed by atoms with E-state index in [1.54, 1.807) is 0 Å². The largest absolute Gasteiger partial charge is 0.382 e. The molecule has 0 amide bonds. The van der Waals surface area contributed by atoms with Gasteiger partial charge in [-0.1, -0.05) is 13.8 Å². The minimum Gasteiger partial charge on any atom is -0.382 e. The highest BCUT2D eigenvalue weighted by molar-refractivity contribution is 9.10. The standard InChI is InChI=1S/C11H15BrO2S/c1-3-11(14,4-2)10(13)7-9-8(12)5-6-15-9/h5-6,14H,3-4,7H2,1-2H3. The van der Waals surface area contributed by atoms with Crippen LogP contribution >= 0.6 is 27.3 Å². The molecule has 0 spiro atoms. The van der Waals surface area contributed by atoms with Crippen LogP contribution in [0, 0.1) is 0 Å². The third-order valence-corrected chi connectivity index (χ3v) is 4.63. The first-order valence-corrected chi connectivity index (χ1v) is 6.68. The van der Waals surface area contributed by atoms with E-state index in [-0.39, 0.29) is 5.78 Å². The molecular weight excluding hydrogens is 276 g/mol. The molecule has 15 heavy (non-hydrogen) atoms. The zero-order valence-corrected chi connectivity index (χ0v) is 11.3. The van der Waals surface area contributed by atoms with Gasteiger partial charge in [0.1, 0.15) is 5.60 Å². The average Bonchev–Trinajstić information content (AvgIpc) is 2.63. The van der Waals surface area contributed by atoms with Crippen molar-refractivity contribution in [3.63, 3.8) is 0 Å². The van der Waals surface area contributed by atoms with Gasteiger partial charge in [0.15, 0.2) is 5.78 Å². The maximum absolute atomic E-state index is 11.9. The normalized spacial score (nSPS) is 11.7. The Morgan fingerprint density at radius 3 is 2.53 bits per heavy atom. The molecule has 1 heterocycles. The van der Waals surface area contributed by atoms with Gasteiger partial charge in [0, 0.05) is 15.8 Å². The summed E-state index contributed by atoms with van der Waals surface area (Å²) in [5.74, 6) is -0.0874. The van der Waals surface area contributed by atoms with E-state index in [1.807, 2.05) is 25.3 Å². The van der Waals surface area contributed by atoms with Crippen LogP contribution in [-0.2, 0) is 11.2 Å². The predicted octanol–water partition coefficient (Wildman–Crippen LogP) is 3.17. The van der Waals surface area contributed by atoms with E-state index in [9.17, 15) is 9.90 Å². The summed E-state index contributed by atoms with van der Waals surface area (Å²) in [5.41, 5.74) is -1.15. The smallest absolute Gasteiger partial charge is 0.169 e. The van der Waals surface area contributed by atoms with Crippen molar-refractivity contribution in [2.75, 3.05) is 0 Å². The topological polar surface area (TPSA) is 37.3 Å². The van der Waals surface area contributed by atoms with E-state index in [2.05, 4.69) is 15.9 Å². The molecule has 1 rings (SSSR count). The number of carbonyl (C=O) groups is 1. The Labute approximate surface area is 102 Å². The summed E-state index contributed by atoms with van der Waals surface area (Å²) in [6, 6.07) is 1.92. The zero-order valence-electron chi connectivity index (χ0n) is 8.92. The first-order valence-electron chi connectivity index (χ1n) is 5.01. The van der Waals surface area contributed by atoms with E-state index in [1.165, 1.54) is 11.3 Å². The van der Waals surface area contributed by atoms with Gasteiger partial charge in [0.25, 0.3) is 0 Å². The number of thiophene rings is 1. The number of rotatable bonds is 5. The molecule has 84 valence electrons. The van der Waals surface area contributed by atoms with E-state index in [4.69, 9.17) is 0 Å². The Balaban J connectivity index is 2.75. The monoisotopic (exact) mass is 290 g/mol. The molecule has 2 nitrogen and oxygen atoms in total. The van der Waals surface area contributed by atoms with Crippen molar-refractivity contribution >= 4 is 33.0 Å². The summed E-state index contributed by atoms with van der Waals surface area (Å²) in [6.45, 7) is 3.68. The molecule has 0 saturated carbocycles. The van der Waals surface area contributed by atoms with Crippen LogP contribution in [-0.4, -0.2) is 16.5 Å². The van der Waals surface area contributed by atoms with E-state index in [0.717, 1.165) is 9.35 Å². The van der Waals surface area contributed by atoms with Crippen LogP contribution < -0.4 is 0 Å². The third-order valence-electron chi connectivity index (χ3n) is 2.70.